The third kappa shape index (κ3) is 3.17. The number of sulfone groups is 1. The van der Waals surface area contributed by atoms with Crippen molar-refractivity contribution in [3.05, 3.63) is 18.2 Å². The van der Waals surface area contributed by atoms with E-state index in [1.54, 1.807) is 18.2 Å². The van der Waals surface area contributed by atoms with Crippen molar-refractivity contribution in [3.8, 4) is 11.5 Å². The third-order valence-corrected chi connectivity index (χ3v) is 4.32. The van der Waals surface area contributed by atoms with E-state index in [1.807, 2.05) is 0 Å². The Hall–Kier alpha value is -1.76. The van der Waals surface area contributed by atoms with Gasteiger partial charge in [-0.05, 0) is 19.1 Å². The largest absolute Gasteiger partial charge is 0.486 e. The first-order valence-corrected chi connectivity index (χ1v) is 7.73. The van der Waals surface area contributed by atoms with E-state index >= 15 is 0 Å². The number of hydrogen-bond donors (Lipinski definition) is 1. The van der Waals surface area contributed by atoms with Gasteiger partial charge < -0.3 is 14.8 Å². The fourth-order valence-corrected chi connectivity index (χ4v) is 2.01. The van der Waals surface area contributed by atoms with Crippen molar-refractivity contribution < 1.29 is 22.7 Å². The Morgan fingerprint density at radius 3 is 2.53 bits per heavy atom. The minimum absolute atomic E-state index is 0.449. The lowest BCUT2D eigenvalue weighted by Crippen LogP contribution is -2.31. The van der Waals surface area contributed by atoms with Crippen molar-refractivity contribution in [2.45, 2.75) is 12.2 Å². The van der Waals surface area contributed by atoms with Gasteiger partial charge in [-0.1, -0.05) is 0 Å². The van der Waals surface area contributed by atoms with E-state index in [-0.39, 0.29) is 0 Å². The summed E-state index contributed by atoms with van der Waals surface area (Å²) in [5, 5.41) is 1.45. The highest BCUT2D eigenvalue weighted by molar-refractivity contribution is 7.92. The van der Waals surface area contributed by atoms with Crippen LogP contribution in [0.25, 0.3) is 0 Å². The van der Waals surface area contributed by atoms with Gasteiger partial charge in [-0.25, -0.2) is 8.42 Å². The van der Waals surface area contributed by atoms with Crippen LogP contribution in [-0.2, 0) is 14.6 Å². The summed E-state index contributed by atoms with van der Waals surface area (Å²) in [5.74, 6) is 0.579. The number of rotatable bonds is 3. The molecule has 0 aromatic heterocycles. The smallest absolute Gasteiger partial charge is 0.242 e. The van der Waals surface area contributed by atoms with Crippen LogP contribution in [0.4, 0.5) is 5.69 Å². The molecule has 0 radical (unpaired) electrons. The standard InChI is InChI=1S/C12H15NO5S/c1-8(19(2,15)16)12(14)13-9-3-4-10-11(7-9)18-6-5-17-10/h3-4,7-8H,5-6H2,1-2H3,(H,13,14)/t8-/m0/s1. The molecular formula is C12H15NO5S. The van der Waals surface area contributed by atoms with Gasteiger partial charge in [-0.2, -0.15) is 0 Å². The van der Waals surface area contributed by atoms with Crippen molar-refractivity contribution in [1.29, 1.82) is 0 Å². The summed E-state index contributed by atoms with van der Waals surface area (Å²) in [6.07, 6.45) is 1.03. The first kappa shape index (κ1) is 13.7. The van der Waals surface area contributed by atoms with Crippen LogP contribution >= 0.6 is 0 Å². The van der Waals surface area contributed by atoms with Gasteiger partial charge in [0.15, 0.2) is 21.3 Å². The molecule has 104 valence electrons. The molecule has 0 saturated carbocycles. The molecule has 1 aliphatic heterocycles. The van der Waals surface area contributed by atoms with Crippen LogP contribution in [0.3, 0.4) is 0 Å². The van der Waals surface area contributed by atoms with E-state index in [4.69, 9.17) is 9.47 Å². The van der Waals surface area contributed by atoms with Gasteiger partial charge >= 0.3 is 0 Å². The van der Waals surface area contributed by atoms with Gasteiger partial charge in [-0.3, -0.25) is 4.79 Å². The highest BCUT2D eigenvalue weighted by Gasteiger charge is 2.24. The summed E-state index contributed by atoms with van der Waals surface area (Å²) in [7, 11) is -3.41. The van der Waals surface area contributed by atoms with Crippen LogP contribution in [0, 0.1) is 0 Å². The minimum atomic E-state index is -3.41. The van der Waals surface area contributed by atoms with Gasteiger partial charge in [0.2, 0.25) is 5.91 Å². The van der Waals surface area contributed by atoms with E-state index in [0.29, 0.717) is 30.4 Å². The SMILES string of the molecule is C[C@@H](C(=O)Nc1ccc2c(c1)OCCO2)S(C)(=O)=O. The predicted octanol–water partition coefficient (Wildman–Crippen LogP) is 0.829. The maximum Gasteiger partial charge on any atom is 0.242 e. The Morgan fingerprint density at radius 1 is 1.26 bits per heavy atom. The maximum absolute atomic E-state index is 11.8. The average Bonchev–Trinajstić information content (AvgIpc) is 2.36. The number of anilines is 1. The topological polar surface area (TPSA) is 81.7 Å². The molecule has 0 bridgehead atoms. The Balaban J connectivity index is 2.14. The number of benzene rings is 1. The summed E-state index contributed by atoms with van der Waals surface area (Å²) in [6.45, 7) is 2.29. The fraction of sp³-hybridized carbons (Fsp3) is 0.417. The number of ether oxygens (including phenoxy) is 2. The Morgan fingerprint density at radius 2 is 1.89 bits per heavy atom. The zero-order chi connectivity index (χ0) is 14.0. The number of carbonyl (C=O) groups is 1. The molecule has 7 heteroatoms. The molecule has 0 saturated heterocycles. The van der Waals surface area contributed by atoms with E-state index in [2.05, 4.69) is 5.32 Å². The van der Waals surface area contributed by atoms with Gasteiger partial charge in [0.05, 0.1) is 0 Å². The second-order valence-corrected chi connectivity index (χ2v) is 6.69. The number of nitrogens with one attached hydrogen (secondary N) is 1. The molecule has 1 amide bonds. The molecule has 1 heterocycles. The molecule has 6 nitrogen and oxygen atoms in total. The number of amides is 1. The number of hydrogen-bond acceptors (Lipinski definition) is 5. The van der Waals surface area contributed by atoms with Gasteiger partial charge in [0, 0.05) is 18.0 Å². The summed E-state index contributed by atoms with van der Waals surface area (Å²) in [5.41, 5.74) is 0.477. The lowest BCUT2D eigenvalue weighted by molar-refractivity contribution is -0.115. The summed E-state index contributed by atoms with van der Waals surface area (Å²) in [4.78, 5) is 11.8. The van der Waals surface area contributed by atoms with E-state index < -0.39 is 21.0 Å². The molecule has 0 spiro atoms. The van der Waals surface area contributed by atoms with Crippen molar-refractivity contribution >= 4 is 21.4 Å². The van der Waals surface area contributed by atoms with Gasteiger partial charge in [-0.15, -0.1) is 0 Å². The lowest BCUT2D eigenvalue weighted by atomic mass is 10.2. The van der Waals surface area contributed by atoms with Crippen LogP contribution < -0.4 is 14.8 Å². The van der Waals surface area contributed by atoms with E-state index in [0.717, 1.165) is 6.26 Å². The average molecular weight is 285 g/mol. The molecule has 1 N–H and O–H groups in total. The fourth-order valence-electron chi connectivity index (χ4n) is 1.56. The van der Waals surface area contributed by atoms with Crippen LogP contribution in [0.1, 0.15) is 6.92 Å². The summed E-state index contributed by atoms with van der Waals surface area (Å²) in [6, 6.07) is 4.93. The highest BCUT2D eigenvalue weighted by Crippen LogP contribution is 2.32. The van der Waals surface area contributed by atoms with E-state index in [1.165, 1.54) is 6.92 Å². The van der Waals surface area contributed by atoms with Crippen molar-refractivity contribution in [3.63, 3.8) is 0 Å². The molecule has 0 aliphatic carbocycles. The zero-order valence-corrected chi connectivity index (χ0v) is 11.5. The second-order valence-electron chi connectivity index (χ2n) is 4.32. The third-order valence-electron chi connectivity index (χ3n) is 2.82. The predicted molar refractivity (Wildman–Crippen MR) is 70.4 cm³/mol. The molecule has 19 heavy (non-hydrogen) atoms. The minimum Gasteiger partial charge on any atom is -0.486 e. The molecular weight excluding hydrogens is 270 g/mol. The van der Waals surface area contributed by atoms with Crippen LogP contribution in [-0.4, -0.2) is 39.0 Å². The Bertz CT molecular complexity index is 596. The quantitative estimate of drug-likeness (QED) is 0.889. The van der Waals surface area contributed by atoms with Crippen molar-refractivity contribution in [2.75, 3.05) is 24.8 Å². The number of carbonyl (C=O) groups excluding carboxylic acids is 1. The molecule has 1 aromatic carbocycles. The lowest BCUT2D eigenvalue weighted by Gasteiger charge is -2.19. The normalized spacial score (nSPS) is 15.7. The Labute approximate surface area is 111 Å². The molecule has 1 aliphatic rings. The van der Waals surface area contributed by atoms with E-state index in [9.17, 15) is 13.2 Å². The van der Waals surface area contributed by atoms with Crippen LogP contribution in [0.15, 0.2) is 18.2 Å². The molecule has 1 atom stereocenters. The monoisotopic (exact) mass is 285 g/mol. The molecule has 0 unspecified atom stereocenters. The summed E-state index contributed by atoms with van der Waals surface area (Å²) >= 11 is 0. The summed E-state index contributed by atoms with van der Waals surface area (Å²) < 4.78 is 33.3. The van der Waals surface area contributed by atoms with Crippen molar-refractivity contribution in [1.82, 2.24) is 0 Å². The molecule has 0 fully saturated rings. The van der Waals surface area contributed by atoms with Gasteiger partial charge in [0.25, 0.3) is 0 Å². The first-order valence-electron chi connectivity index (χ1n) is 5.77. The number of fused-ring (bicyclic) bond motifs is 1. The van der Waals surface area contributed by atoms with Crippen molar-refractivity contribution in [2.24, 2.45) is 0 Å². The maximum atomic E-state index is 11.8. The van der Waals surface area contributed by atoms with Gasteiger partial charge in [0.1, 0.15) is 18.5 Å². The Kier molecular flexibility index (Phi) is 3.66. The van der Waals surface area contributed by atoms with Crippen LogP contribution in [0.5, 0.6) is 11.5 Å². The van der Waals surface area contributed by atoms with Crippen LogP contribution in [0.2, 0.25) is 0 Å². The second kappa shape index (κ2) is 5.08. The molecule has 1 aromatic rings. The molecule has 2 rings (SSSR count). The zero-order valence-electron chi connectivity index (χ0n) is 10.7. The highest BCUT2D eigenvalue weighted by atomic mass is 32.2. The first-order chi connectivity index (χ1) is 8.88.